The van der Waals surface area contributed by atoms with Crippen molar-refractivity contribution < 1.29 is 0 Å². The summed E-state index contributed by atoms with van der Waals surface area (Å²) in [4.78, 5) is 0. The lowest BCUT2D eigenvalue weighted by Gasteiger charge is -2.41. The highest BCUT2D eigenvalue weighted by atomic mass is 14.4. The van der Waals surface area contributed by atoms with Gasteiger partial charge in [0.1, 0.15) is 0 Å². The van der Waals surface area contributed by atoms with E-state index in [0.29, 0.717) is 0 Å². The third-order valence-electron chi connectivity index (χ3n) is 9.30. The Morgan fingerprint density at radius 2 is 1.53 bits per heavy atom. The predicted octanol–water partition coefficient (Wildman–Crippen LogP) is 11.3. The van der Waals surface area contributed by atoms with Gasteiger partial charge in [-0.25, -0.2) is 0 Å². The Morgan fingerprint density at radius 1 is 0.844 bits per heavy atom. The molecule has 7 unspecified atom stereocenters. The third kappa shape index (κ3) is 10.3. The maximum atomic E-state index is 2.72. The highest BCUT2D eigenvalue weighted by Crippen LogP contribution is 2.43. The fourth-order valence-corrected chi connectivity index (χ4v) is 7.12. The zero-order chi connectivity index (χ0) is 23.9. The monoisotopic (exact) mass is 446 g/mol. The van der Waals surface area contributed by atoms with Gasteiger partial charge in [-0.05, 0) is 67.6 Å². The molecule has 0 aromatic heterocycles. The highest BCUT2D eigenvalue weighted by molar-refractivity contribution is 5.06. The molecule has 0 aromatic rings. The average molecular weight is 447 g/mol. The minimum absolute atomic E-state index is 0.734. The van der Waals surface area contributed by atoms with Crippen molar-refractivity contribution in [1.82, 2.24) is 0 Å². The first-order chi connectivity index (χ1) is 15.4. The van der Waals surface area contributed by atoms with E-state index in [9.17, 15) is 0 Å². The van der Waals surface area contributed by atoms with Gasteiger partial charge < -0.3 is 0 Å². The fraction of sp³-hybridized carbons (Fsp3) is 0.938. The first-order valence-electron chi connectivity index (χ1n) is 15.1. The smallest absolute Gasteiger partial charge is 0.0206 e. The largest absolute Gasteiger partial charge is 0.0825 e. The molecular weight excluding hydrogens is 384 g/mol. The van der Waals surface area contributed by atoms with Crippen molar-refractivity contribution >= 4 is 0 Å². The van der Waals surface area contributed by atoms with E-state index in [1.165, 1.54) is 96.3 Å². The number of rotatable bonds is 12. The van der Waals surface area contributed by atoms with Gasteiger partial charge in [0, 0.05) is 0 Å². The Labute approximate surface area is 204 Å². The summed E-state index contributed by atoms with van der Waals surface area (Å²) >= 11 is 0. The van der Waals surface area contributed by atoms with E-state index in [0.717, 1.165) is 41.4 Å². The second-order valence-electron chi connectivity index (χ2n) is 11.8. The summed E-state index contributed by atoms with van der Waals surface area (Å²) in [6.07, 6.45) is 23.9. The van der Waals surface area contributed by atoms with E-state index in [4.69, 9.17) is 0 Å². The minimum atomic E-state index is 0.734. The van der Waals surface area contributed by atoms with E-state index < -0.39 is 0 Å². The molecule has 0 N–H and O–H groups in total. The summed E-state index contributed by atoms with van der Waals surface area (Å²) in [5.74, 6) is 6.03. The van der Waals surface area contributed by atoms with Gasteiger partial charge in [0.15, 0.2) is 0 Å². The molecular formula is C32H62. The van der Waals surface area contributed by atoms with Crippen LogP contribution in [0.4, 0.5) is 0 Å². The van der Waals surface area contributed by atoms with Gasteiger partial charge in [0.25, 0.3) is 0 Å². The molecule has 0 heteroatoms. The topological polar surface area (TPSA) is 0 Å². The van der Waals surface area contributed by atoms with Crippen LogP contribution in [0.25, 0.3) is 0 Å². The van der Waals surface area contributed by atoms with Crippen LogP contribution in [0.5, 0.6) is 0 Å². The van der Waals surface area contributed by atoms with E-state index in [1.807, 2.05) is 0 Å². The molecule has 1 aliphatic rings. The van der Waals surface area contributed by atoms with Crippen molar-refractivity contribution in [2.45, 2.75) is 152 Å². The average Bonchev–Trinajstić information content (AvgIpc) is 2.77. The highest BCUT2D eigenvalue weighted by Gasteiger charge is 2.34. The fourth-order valence-electron chi connectivity index (χ4n) is 7.12. The van der Waals surface area contributed by atoms with Crippen LogP contribution >= 0.6 is 0 Å². The van der Waals surface area contributed by atoms with Crippen molar-refractivity contribution in [3.63, 3.8) is 0 Å². The second kappa shape index (κ2) is 17.2. The van der Waals surface area contributed by atoms with Gasteiger partial charge >= 0.3 is 0 Å². The summed E-state index contributed by atoms with van der Waals surface area (Å²) in [7, 11) is 0. The van der Waals surface area contributed by atoms with Gasteiger partial charge in [0.05, 0.1) is 0 Å². The maximum Gasteiger partial charge on any atom is -0.0206 e. The van der Waals surface area contributed by atoms with Crippen molar-refractivity contribution in [3.05, 3.63) is 11.6 Å². The molecule has 0 saturated carbocycles. The maximum absolute atomic E-state index is 2.72. The zero-order valence-corrected chi connectivity index (χ0v) is 23.7. The van der Waals surface area contributed by atoms with Crippen LogP contribution in [0.15, 0.2) is 11.6 Å². The van der Waals surface area contributed by atoms with E-state index in [2.05, 4.69) is 61.5 Å². The predicted molar refractivity (Wildman–Crippen MR) is 147 cm³/mol. The quantitative estimate of drug-likeness (QED) is 0.206. The lowest BCUT2D eigenvalue weighted by molar-refractivity contribution is 0.0880. The zero-order valence-electron chi connectivity index (χ0n) is 23.7. The Kier molecular flexibility index (Phi) is 16.0. The minimum Gasteiger partial charge on any atom is -0.0825 e. The van der Waals surface area contributed by atoms with Crippen LogP contribution in [0.2, 0.25) is 0 Å². The number of hydrogen-bond donors (Lipinski definition) is 0. The Morgan fingerprint density at radius 3 is 2.16 bits per heavy atom. The first kappa shape index (κ1) is 29.8. The van der Waals surface area contributed by atoms with Crippen LogP contribution in [0.1, 0.15) is 152 Å². The lowest BCUT2D eigenvalue weighted by atomic mass is 9.64. The SMILES string of the molecule is CCCCCCCC1CCCC(CC)C(C)C(C(C)CC)C(CCCC)CC(C)C=C1C. The Hall–Kier alpha value is -0.260. The molecule has 0 heterocycles. The summed E-state index contributed by atoms with van der Waals surface area (Å²) < 4.78 is 0. The summed E-state index contributed by atoms with van der Waals surface area (Å²) in [6, 6.07) is 0. The number of hydrogen-bond acceptors (Lipinski definition) is 0. The molecule has 0 spiro atoms. The molecule has 0 amide bonds. The van der Waals surface area contributed by atoms with E-state index in [-0.39, 0.29) is 0 Å². The molecule has 0 saturated heterocycles. The first-order valence-corrected chi connectivity index (χ1v) is 15.1. The van der Waals surface area contributed by atoms with Crippen molar-refractivity contribution in [1.29, 1.82) is 0 Å². The van der Waals surface area contributed by atoms with Gasteiger partial charge in [-0.2, -0.15) is 0 Å². The van der Waals surface area contributed by atoms with Gasteiger partial charge in [-0.1, -0.05) is 137 Å². The molecule has 0 nitrogen and oxygen atoms in total. The molecule has 0 fully saturated rings. The number of unbranched alkanes of at least 4 members (excludes halogenated alkanes) is 5. The van der Waals surface area contributed by atoms with Crippen LogP contribution < -0.4 is 0 Å². The summed E-state index contributed by atoms with van der Waals surface area (Å²) in [5.41, 5.74) is 1.73. The summed E-state index contributed by atoms with van der Waals surface area (Å²) in [6.45, 7) is 19.8. The van der Waals surface area contributed by atoms with E-state index in [1.54, 1.807) is 5.57 Å². The summed E-state index contributed by atoms with van der Waals surface area (Å²) in [5, 5.41) is 0. The van der Waals surface area contributed by atoms with Crippen LogP contribution in [0.3, 0.4) is 0 Å². The van der Waals surface area contributed by atoms with Crippen LogP contribution in [0, 0.1) is 41.4 Å². The van der Waals surface area contributed by atoms with Crippen LogP contribution in [-0.4, -0.2) is 0 Å². The molecule has 7 atom stereocenters. The molecule has 0 aliphatic heterocycles. The molecule has 1 aliphatic carbocycles. The Balaban J connectivity index is 3.09. The van der Waals surface area contributed by atoms with Gasteiger partial charge in [-0.15, -0.1) is 0 Å². The number of allylic oxidation sites excluding steroid dienone is 2. The van der Waals surface area contributed by atoms with Crippen molar-refractivity contribution in [2.75, 3.05) is 0 Å². The molecule has 0 bridgehead atoms. The normalized spacial score (nSPS) is 31.4. The van der Waals surface area contributed by atoms with Crippen molar-refractivity contribution in [2.24, 2.45) is 41.4 Å². The molecule has 0 radical (unpaired) electrons. The van der Waals surface area contributed by atoms with Crippen LogP contribution in [-0.2, 0) is 0 Å². The third-order valence-corrected chi connectivity index (χ3v) is 9.30. The lowest BCUT2D eigenvalue weighted by Crippen LogP contribution is -2.33. The molecule has 1 rings (SSSR count). The van der Waals surface area contributed by atoms with E-state index >= 15 is 0 Å². The van der Waals surface area contributed by atoms with Gasteiger partial charge in [-0.3, -0.25) is 0 Å². The standard InChI is InChI=1S/C32H62/c1-9-13-15-16-17-20-30-22-18-21-29(12-4)28(8)32(26(6)11-3)31(19-14-10-2)24-25(5)23-27(30)7/h23,25-26,28-32H,9-22,24H2,1-8H3. The molecule has 190 valence electrons. The van der Waals surface area contributed by atoms with Crippen molar-refractivity contribution in [3.8, 4) is 0 Å². The molecule has 32 heavy (non-hydrogen) atoms. The Bertz CT molecular complexity index is 474. The van der Waals surface area contributed by atoms with Gasteiger partial charge in [0.2, 0.25) is 0 Å². The second-order valence-corrected chi connectivity index (χ2v) is 11.8. The molecule has 0 aromatic carbocycles.